The maximum Gasteiger partial charge on any atom is 0.252 e. The summed E-state index contributed by atoms with van der Waals surface area (Å²) in [6.07, 6.45) is 0. The molecule has 2 amide bonds. The molecule has 3 aromatic rings. The van der Waals surface area contributed by atoms with Gasteiger partial charge in [0.1, 0.15) is 5.82 Å². The van der Waals surface area contributed by atoms with Crippen molar-refractivity contribution in [3.05, 3.63) is 71.3 Å². The second kappa shape index (κ2) is 10.2. The number of rotatable bonds is 8. The van der Waals surface area contributed by atoms with Crippen molar-refractivity contribution < 1.29 is 14.0 Å². The van der Waals surface area contributed by atoms with E-state index in [1.54, 1.807) is 18.2 Å². The number of para-hydroxylation sites is 1. The first-order valence-electron chi connectivity index (χ1n) is 9.87. The third-order valence-corrected chi connectivity index (χ3v) is 5.63. The van der Waals surface area contributed by atoms with Crippen LogP contribution in [0.4, 0.5) is 10.1 Å². The number of aromatic nitrogens is 3. The van der Waals surface area contributed by atoms with E-state index in [4.69, 9.17) is 0 Å². The van der Waals surface area contributed by atoms with Crippen molar-refractivity contribution in [1.29, 1.82) is 0 Å². The smallest absolute Gasteiger partial charge is 0.252 e. The summed E-state index contributed by atoms with van der Waals surface area (Å²) in [7, 11) is 0. The molecular formula is C22H24FN5O2S. The summed E-state index contributed by atoms with van der Waals surface area (Å²) in [5.74, 6) is -0.367. The summed E-state index contributed by atoms with van der Waals surface area (Å²) in [5.41, 5.74) is 1.64. The Hall–Kier alpha value is -3.20. The Balaban J connectivity index is 1.64. The van der Waals surface area contributed by atoms with Gasteiger partial charge in [-0.3, -0.25) is 9.59 Å². The van der Waals surface area contributed by atoms with Crippen LogP contribution >= 0.6 is 11.8 Å². The van der Waals surface area contributed by atoms with Crippen molar-refractivity contribution in [2.24, 2.45) is 0 Å². The molecule has 1 aromatic heterocycles. The topological polar surface area (TPSA) is 88.9 Å². The van der Waals surface area contributed by atoms with Gasteiger partial charge in [0.25, 0.3) is 5.91 Å². The van der Waals surface area contributed by atoms with Crippen molar-refractivity contribution in [3.63, 3.8) is 0 Å². The zero-order chi connectivity index (χ0) is 22.4. The summed E-state index contributed by atoms with van der Waals surface area (Å²) in [4.78, 5) is 24.8. The number of thioether (sulfide) groups is 1. The molecule has 0 saturated carbocycles. The maximum atomic E-state index is 13.7. The van der Waals surface area contributed by atoms with Gasteiger partial charge in [-0.2, -0.15) is 0 Å². The Kier molecular flexibility index (Phi) is 7.41. The van der Waals surface area contributed by atoms with Crippen LogP contribution in [0.25, 0.3) is 0 Å². The zero-order valence-electron chi connectivity index (χ0n) is 17.6. The molecule has 9 heteroatoms. The predicted molar refractivity (Wildman–Crippen MR) is 119 cm³/mol. The first-order chi connectivity index (χ1) is 14.9. The number of hydrogen-bond donors (Lipinski definition) is 2. The molecule has 0 saturated heterocycles. The number of benzene rings is 2. The van der Waals surface area contributed by atoms with Crippen LogP contribution in [0.2, 0.25) is 0 Å². The third kappa shape index (κ3) is 5.49. The van der Waals surface area contributed by atoms with E-state index in [-0.39, 0.29) is 29.3 Å². The number of halogens is 1. The van der Waals surface area contributed by atoms with Gasteiger partial charge in [0.15, 0.2) is 11.0 Å². The van der Waals surface area contributed by atoms with Crippen molar-refractivity contribution >= 4 is 29.3 Å². The average Bonchev–Trinajstić information content (AvgIpc) is 3.17. The molecule has 7 nitrogen and oxygen atoms in total. The Morgan fingerprint density at radius 2 is 1.84 bits per heavy atom. The lowest BCUT2D eigenvalue weighted by Gasteiger charge is -2.16. The fourth-order valence-corrected chi connectivity index (χ4v) is 3.88. The summed E-state index contributed by atoms with van der Waals surface area (Å²) in [5, 5.41) is 14.4. The van der Waals surface area contributed by atoms with Crippen LogP contribution in [0.5, 0.6) is 0 Å². The quantitative estimate of drug-likeness (QED) is 0.517. The van der Waals surface area contributed by atoms with E-state index in [2.05, 4.69) is 20.8 Å². The number of carbonyl (C=O) groups is 2. The van der Waals surface area contributed by atoms with Crippen molar-refractivity contribution in [2.75, 3.05) is 11.1 Å². The minimum atomic E-state index is -0.488. The Labute approximate surface area is 184 Å². The van der Waals surface area contributed by atoms with E-state index in [9.17, 15) is 14.0 Å². The third-order valence-electron chi connectivity index (χ3n) is 4.67. The number of hydrogen-bond acceptors (Lipinski definition) is 5. The van der Waals surface area contributed by atoms with E-state index in [1.807, 2.05) is 43.5 Å². The van der Waals surface area contributed by atoms with E-state index >= 15 is 0 Å². The molecule has 1 unspecified atom stereocenters. The molecule has 0 aliphatic carbocycles. The first-order valence-corrected chi connectivity index (χ1v) is 10.9. The molecular weight excluding hydrogens is 417 g/mol. The second-order valence-electron chi connectivity index (χ2n) is 6.91. The molecule has 2 N–H and O–H groups in total. The number of nitrogens with zero attached hydrogens (tertiary/aromatic N) is 3. The SMILES string of the molecule is CCn1c(SCC(=O)Nc2ccccc2F)nnc1C(C)NC(=O)c1ccccc1C. The fourth-order valence-electron chi connectivity index (χ4n) is 3.07. The van der Waals surface area contributed by atoms with E-state index in [0.717, 1.165) is 5.56 Å². The van der Waals surface area contributed by atoms with Crippen LogP contribution < -0.4 is 10.6 Å². The predicted octanol–water partition coefficient (Wildman–Crippen LogP) is 3.97. The Morgan fingerprint density at radius 3 is 2.55 bits per heavy atom. The number of amides is 2. The summed E-state index contributed by atoms with van der Waals surface area (Å²) < 4.78 is 15.5. The molecule has 31 heavy (non-hydrogen) atoms. The highest BCUT2D eigenvalue weighted by molar-refractivity contribution is 7.99. The van der Waals surface area contributed by atoms with Gasteiger partial charge >= 0.3 is 0 Å². The van der Waals surface area contributed by atoms with Crippen LogP contribution in [0, 0.1) is 12.7 Å². The van der Waals surface area contributed by atoms with E-state index in [0.29, 0.717) is 23.1 Å². The Bertz CT molecular complexity index is 1090. The van der Waals surface area contributed by atoms with Gasteiger partial charge in [0.2, 0.25) is 5.91 Å². The van der Waals surface area contributed by atoms with Crippen LogP contribution in [-0.2, 0) is 11.3 Å². The van der Waals surface area contributed by atoms with Crippen LogP contribution in [-0.4, -0.2) is 32.3 Å². The van der Waals surface area contributed by atoms with Crippen LogP contribution in [0.1, 0.15) is 41.6 Å². The molecule has 0 spiro atoms. The number of aryl methyl sites for hydroxylation is 1. The highest BCUT2D eigenvalue weighted by atomic mass is 32.2. The molecule has 0 aliphatic rings. The standard InChI is InChI=1S/C22H24FN5O2S/c1-4-28-20(15(3)24-21(30)16-10-6-5-9-14(16)2)26-27-22(28)31-13-19(29)25-18-12-8-7-11-17(18)23/h5-12,15H,4,13H2,1-3H3,(H,24,30)(H,25,29). The molecule has 2 aromatic carbocycles. The van der Waals surface area contributed by atoms with Gasteiger partial charge in [0.05, 0.1) is 17.5 Å². The molecule has 162 valence electrons. The number of anilines is 1. The van der Waals surface area contributed by atoms with E-state index < -0.39 is 5.82 Å². The van der Waals surface area contributed by atoms with Crippen LogP contribution in [0.3, 0.4) is 0 Å². The lowest BCUT2D eigenvalue weighted by molar-refractivity contribution is -0.113. The normalized spacial score (nSPS) is 11.7. The molecule has 0 aliphatic heterocycles. The van der Waals surface area contributed by atoms with Crippen molar-refractivity contribution in [1.82, 2.24) is 20.1 Å². The maximum absolute atomic E-state index is 13.7. The molecule has 1 atom stereocenters. The monoisotopic (exact) mass is 441 g/mol. The van der Waals surface area contributed by atoms with Gasteiger partial charge < -0.3 is 15.2 Å². The van der Waals surface area contributed by atoms with Crippen molar-refractivity contribution in [2.45, 2.75) is 38.5 Å². The average molecular weight is 442 g/mol. The van der Waals surface area contributed by atoms with Crippen LogP contribution in [0.15, 0.2) is 53.7 Å². The minimum Gasteiger partial charge on any atom is -0.342 e. The van der Waals surface area contributed by atoms with Gasteiger partial charge in [-0.15, -0.1) is 10.2 Å². The summed E-state index contributed by atoms with van der Waals surface area (Å²) in [6.45, 7) is 6.23. The molecule has 0 fully saturated rings. The molecule has 0 bridgehead atoms. The highest BCUT2D eigenvalue weighted by Crippen LogP contribution is 2.22. The van der Waals surface area contributed by atoms with Gasteiger partial charge in [-0.25, -0.2) is 4.39 Å². The first kappa shape index (κ1) is 22.5. The highest BCUT2D eigenvalue weighted by Gasteiger charge is 2.21. The lowest BCUT2D eigenvalue weighted by atomic mass is 10.1. The molecule has 3 rings (SSSR count). The van der Waals surface area contributed by atoms with Gasteiger partial charge in [-0.05, 0) is 44.5 Å². The van der Waals surface area contributed by atoms with Gasteiger partial charge in [0, 0.05) is 12.1 Å². The lowest BCUT2D eigenvalue weighted by Crippen LogP contribution is -2.29. The minimum absolute atomic E-state index is 0.0520. The summed E-state index contributed by atoms with van der Waals surface area (Å²) >= 11 is 1.20. The second-order valence-corrected chi connectivity index (χ2v) is 7.85. The number of carbonyl (C=O) groups excluding carboxylic acids is 2. The largest absolute Gasteiger partial charge is 0.342 e. The van der Waals surface area contributed by atoms with Gasteiger partial charge in [-0.1, -0.05) is 42.1 Å². The summed E-state index contributed by atoms with van der Waals surface area (Å²) in [6, 6.07) is 13.0. The zero-order valence-corrected chi connectivity index (χ0v) is 18.4. The Morgan fingerprint density at radius 1 is 1.13 bits per heavy atom. The number of nitrogens with one attached hydrogen (secondary N) is 2. The van der Waals surface area contributed by atoms with Crippen molar-refractivity contribution in [3.8, 4) is 0 Å². The molecule has 1 heterocycles. The fraction of sp³-hybridized carbons (Fsp3) is 0.273. The molecule has 0 radical (unpaired) electrons. The van der Waals surface area contributed by atoms with E-state index in [1.165, 1.54) is 23.9 Å².